The van der Waals surface area contributed by atoms with Gasteiger partial charge in [-0.15, -0.1) is 5.10 Å². The molecule has 0 spiro atoms. The zero-order valence-corrected chi connectivity index (χ0v) is 10.0. The number of aromatic amines is 1. The number of halogens is 1. The number of H-pyrrole nitrogens is 1. The molecule has 1 aromatic carbocycles. The number of aromatic nitrogens is 2. The standard InChI is InChI=1S/C11H11BrN2O2/c12-8-1-2-9(7(5-8)3-4-15)10-6-11(16)14-13-10/h1-2,5-6,15H,3-4H2,(H2,13,14,16). The van der Waals surface area contributed by atoms with Crippen molar-refractivity contribution in [1.82, 2.24) is 10.2 Å². The number of aliphatic hydroxyl groups is 1. The molecular formula is C11H11BrN2O2. The van der Waals surface area contributed by atoms with E-state index in [-0.39, 0.29) is 12.5 Å². The molecule has 3 N–H and O–H groups in total. The Hall–Kier alpha value is -1.33. The zero-order chi connectivity index (χ0) is 11.5. The Kier molecular flexibility index (Phi) is 3.26. The number of hydrogen-bond acceptors (Lipinski definition) is 3. The van der Waals surface area contributed by atoms with Crippen molar-refractivity contribution in [2.24, 2.45) is 0 Å². The Morgan fingerprint density at radius 3 is 2.75 bits per heavy atom. The summed E-state index contributed by atoms with van der Waals surface area (Å²) in [7, 11) is 0. The van der Waals surface area contributed by atoms with Crippen LogP contribution >= 0.6 is 15.9 Å². The van der Waals surface area contributed by atoms with E-state index in [0.29, 0.717) is 6.42 Å². The highest BCUT2D eigenvalue weighted by molar-refractivity contribution is 9.10. The topological polar surface area (TPSA) is 69.1 Å². The molecule has 2 aromatic rings. The highest BCUT2D eigenvalue weighted by Crippen LogP contribution is 2.27. The molecule has 0 atom stereocenters. The first-order chi connectivity index (χ1) is 7.70. The third-order valence-electron chi connectivity index (χ3n) is 2.30. The maximum atomic E-state index is 9.19. The molecule has 1 aromatic heterocycles. The number of aromatic hydroxyl groups is 1. The van der Waals surface area contributed by atoms with Gasteiger partial charge in [0.1, 0.15) is 0 Å². The maximum absolute atomic E-state index is 9.19. The van der Waals surface area contributed by atoms with Crippen molar-refractivity contribution < 1.29 is 10.2 Å². The van der Waals surface area contributed by atoms with Gasteiger partial charge in [-0.1, -0.05) is 22.0 Å². The lowest BCUT2D eigenvalue weighted by atomic mass is 10.0. The van der Waals surface area contributed by atoms with E-state index in [2.05, 4.69) is 26.1 Å². The molecule has 2 rings (SSSR count). The summed E-state index contributed by atoms with van der Waals surface area (Å²) in [5, 5.41) is 24.6. The van der Waals surface area contributed by atoms with Crippen LogP contribution in [0.2, 0.25) is 0 Å². The molecule has 0 radical (unpaired) electrons. The van der Waals surface area contributed by atoms with Crippen molar-refractivity contribution in [3.05, 3.63) is 34.3 Å². The first-order valence-electron chi connectivity index (χ1n) is 4.84. The van der Waals surface area contributed by atoms with Gasteiger partial charge in [0.15, 0.2) is 0 Å². The van der Waals surface area contributed by atoms with Crippen molar-refractivity contribution in [2.75, 3.05) is 6.61 Å². The fourth-order valence-electron chi connectivity index (χ4n) is 1.60. The number of aliphatic hydroxyl groups excluding tert-OH is 1. The predicted octanol–water partition coefficient (Wildman–Crippen LogP) is 2.08. The van der Waals surface area contributed by atoms with Crippen LogP contribution in [-0.2, 0) is 6.42 Å². The Bertz CT molecular complexity index is 496. The molecule has 0 saturated carbocycles. The van der Waals surface area contributed by atoms with Gasteiger partial charge in [0, 0.05) is 22.7 Å². The third-order valence-corrected chi connectivity index (χ3v) is 2.80. The van der Waals surface area contributed by atoms with Gasteiger partial charge in [-0.05, 0) is 24.1 Å². The van der Waals surface area contributed by atoms with Crippen molar-refractivity contribution >= 4 is 15.9 Å². The van der Waals surface area contributed by atoms with Crippen LogP contribution in [0, 0.1) is 0 Å². The molecule has 5 heteroatoms. The lowest BCUT2D eigenvalue weighted by Crippen LogP contribution is -1.94. The lowest BCUT2D eigenvalue weighted by molar-refractivity contribution is 0.300. The van der Waals surface area contributed by atoms with E-state index in [1.807, 2.05) is 18.2 Å². The van der Waals surface area contributed by atoms with Crippen LogP contribution in [0.5, 0.6) is 5.88 Å². The second kappa shape index (κ2) is 4.67. The van der Waals surface area contributed by atoms with E-state index in [9.17, 15) is 5.11 Å². The SMILES string of the molecule is OCCc1cc(Br)ccc1-c1cc(O)n[nH]1. The number of hydrogen-bond donors (Lipinski definition) is 3. The lowest BCUT2D eigenvalue weighted by Gasteiger charge is -2.06. The zero-order valence-electron chi connectivity index (χ0n) is 8.44. The Morgan fingerprint density at radius 1 is 1.31 bits per heavy atom. The predicted molar refractivity (Wildman–Crippen MR) is 64.2 cm³/mol. The first kappa shape index (κ1) is 11.2. The molecule has 0 saturated heterocycles. The summed E-state index contributed by atoms with van der Waals surface area (Å²) < 4.78 is 0.962. The van der Waals surface area contributed by atoms with Gasteiger partial charge < -0.3 is 10.2 Å². The van der Waals surface area contributed by atoms with E-state index in [0.717, 1.165) is 21.3 Å². The smallest absolute Gasteiger partial charge is 0.230 e. The average molecular weight is 283 g/mol. The van der Waals surface area contributed by atoms with Crippen molar-refractivity contribution in [3.8, 4) is 17.1 Å². The summed E-state index contributed by atoms with van der Waals surface area (Å²) in [5.41, 5.74) is 2.68. The minimum absolute atomic E-state index is 0.0344. The maximum Gasteiger partial charge on any atom is 0.230 e. The van der Waals surface area contributed by atoms with Crippen molar-refractivity contribution in [1.29, 1.82) is 0 Å². The van der Waals surface area contributed by atoms with Gasteiger partial charge in [-0.2, -0.15) is 0 Å². The molecule has 0 aliphatic heterocycles. The van der Waals surface area contributed by atoms with E-state index in [4.69, 9.17) is 5.11 Å². The van der Waals surface area contributed by atoms with E-state index < -0.39 is 0 Å². The molecule has 16 heavy (non-hydrogen) atoms. The number of benzene rings is 1. The highest BCUT2D eigenvalue weighted by atomic mass is 79.9. The van der Waals surface area contributed by atoms with Crippen LogP contribution in [0.4, 0.5) is 0 Å². The van der Waals surface area contributed by atoms with Crippen molar-refractivity contribution in [2.45, 2.75) is 6.42 Å². The highest BCUT2D eigenvalue weighted by Gasteiger charge is 2.08. The van der Waals surface area contributed by atoms with Crippen LogP contribution in [0.3, 0.4) is 0 Å². The largest absolute Gasteiger partial charge is 0.492 e. The van der Waals surface area contributed by atoms with Gasteiger partial charge >= 0.3 is 0 Å². The second-order valence-electron chi connectivity index (χ2n) is 3.41. The van der Waals surface area contributed by atoms with Gasteiger partial charge in [0.2, 0.25) is 5.88 Å². The quantitative estimate of drug-likeness (QED) is 0.807. The summed E-state index contributed by atoms with van der Waals surface area (Å²) in [6.45, 7) is 0.0869. The molecule has 0 bridgehead atoms. The summed E-state index contributed by atoms with van der Waals surface area (Å²) in [6.07, 6.45) is 0.564. The van der Waals surface area contributed by atoms with E-state index in [1.54, 1.807) is 6.07 Å². The summed E-state index contributed by atoms with van der Waals surface area (Å²) in [6, 6.07) is 7.34. The fraction of sp³-hybridized carbons (Fsp3) is 0.182. The number of nitrogens with zero attached hydrogens (tertiary/aromatic N) is 1. The second-order valence-corrected chi connectivity index (χ2v) is 4.33. The van der Waals surface area contributed by atoms with Gasteiger partial charge in [-0.25, -0.2) is 0 Å². The first-order valence-corrected chi connectivity index (χ1v) is 5.64. The van der Waals surface area contributed by atoms with E-state index >= 15 is 0 Å². The molecule has 0 fully saturated rings. The number of rotatable bonds is 3. The molecule has 0 aliphatic rings. The van der Waals surface area contributed by atoms with Crippen LogP contribution in [0.25, 0.3) is 11.3 Å². The Labute approximate surface area is 101 Å². The van der Waals surface area contributed by atoms with Crippen LogP contribution < -0.4 is 0 Å². The van der Waals surface area contributed by atoms with Crippen molar-refractivity contribution in [3.63, 3.8) is 0 Å². The minimum atomic E-state index is -0.0344. The summed E-state index contributed by atoms with van der Waals surface area (Å²) >= 11 is 3.39. The monoisotopic (exact) mass is 282 g/mol. The summed E-state index contributed by atoms with van der Waals surface area (Å²) in [4.78, 5) is 0. The fourth-order valence-corrected chi connectivity index (χ4v) is 2.01. The minimum Gasteiger partial charge on any atom is -0.492 e. The average Bonchev–Trinajstić information content (AvgIpc) is 2.65. The molecular weight excluding hydrogens is 272 g/mol. The van der Waals surface area contributed by atoms with Gasteiger partial charge in [0.25, 0.3) is 0 Å². The van der Waals surface area contributed by atoms with Gasteiger partial charge in [-0.3, -0.25) is 5.10 Å². The summed E-state index contributed by atoms with van der Waals surface area (Å²) in [5.74, 6) is -0.0344. The third kappa shape index (κ3) is 2.25. The molecule has 0 amide bonds. The molecule has 0 aliphatic carbocycles. The van der Waals surface area contributed by atoms with Gasteiger partial charge in [0.05, 0.1) is 5.69 Å². The molecule has 1 heterocycles. The molecule has 4 nitrogen and oxygen atoms in total. The Balaban J connectivity index is 2.47. The molecule has 84 valence electrons. The van der Waals surface area contributed by atoms with Crippen LogP contribution in [0.15, 0.2) is 28.7 Å². The van der Waals surface area contributed by atoms with Crippen LogP contribution in [0.1, 0.15) is 5.56 Å². The van der Waals surface area contributed by atoms with E-state index in [1.165, 1.54) is 0 Å². The Morgan fingerprint density at radius 2 is 2.12 bits per heavy atom. The normalized spacial score (nSPS) is 10.6. The molecule has 0 unspecified atom stereocenters. The number of nitrogens with one attached hydrogen (secondary N) is 1. The van der Waals surface area contributed by atoms with Crippen LogP contribution in [-0.4, -0.2) is 27.0 Å².